The van der Waals surface area contributed by atoms with Gasteiger partial charge in [-0.3, -0.25) is 10.1 Å². The predicted octanol–water partition coefficient (Wildman–Crippen LogP) is 5.91. The fraction of sp³-hybridized carbons (Fsp3) is 0.520. The summed E-state index contributed by atoms with van der Waals surface area (Å²) in [5, 5.41) is 11.6. The van der Waals surface area contributed by atoms with E-state index >= 15 is 0 Å². The molecule has 1 aliphatic heterocycles. The molecule has 4 rings (SSSR count). The molecular formula is C25H28ClF3N4O4S. The fourth-order valence-corrected chi connectivity index (χ4v) is 5.05. The average Bonchev–Trinajstić information content (AvgIpc) is 2.89. The number of hydrogen-bond donors (Lipinski definition) is 0. The highest BCUT2D eigenvalue weighted by atomic mass is 35.5. The lowest BCUT2D eigenvalue weighted by Crippen LogP contribution is -2.50. The Kier molecular flexibility index (Phi) is 8.63. The van der Waals surface area contributed by atoms with Crippen molar-refractivity contribution in [1.82, 2.24) is 9.88 Å². The van der Waals surface area contributed by atoms with Crippen molar-refractivity contribution in [3.63, 3.8) is 0 Å². The molecule has 0 amide bonds. The van der Waals surface area contributed by atoms with Gasteiger partial charge in [-0.15, -0.1) is 0 Å². The van der Waals surface area contributed by atoms with Crippen LogP contribution < -0.4 is 9.64 Å². The Balaban J connectivity index is 1.24. The van der Waals surface area contributed by atoms with Gasteiger partial charge in [0.15, 0.2) is 0 Å². The lowest BCUT2D eigenvalue weighted by atomic mass is 9.84. The van der Waals surface area contributed by atoms with E-state index in [1.165, 1.54) is 6.07 Å². The molecule has 1 saturated heterocycles. The molecule has 0 unspecified atom stereocenters. The number of aromatic nitrogens is 1. The molecule has 2 fully saturated rings. The third-order valence-corrected chi connectivity index (χ3v) is 7.58. The summed E-state index contributed by atoms with van der Waals surface area (Å²) in [6.07, 6.45) is -1.07. The van der Waals surface area contributed by atoms with Crippen LogP contribution >= 0.6 is 23.8 Å². The van der Waals surface area contributed by atoms with Gasteiger partial charge in [0.2, 0.25) is 0 Å². The Morgan fingerprint density at radius 2 is 1.89 bits per heavy atom. The zero-order valence-electron chi connectivity index (χ0n) is 20.7. The predicted molar refractivity (Wildman–Crippen MR) is 141 cm³/mol. The summed E-state index contributed by atoms with van der Waals surface area (Å²) in [4.78, 5) is 19.3. The number of nitro benzene ring substituents is 1. The normalized spacial score (nSPS) is 22.3. The highest BCUT2D eigenvalue weighted by Gasteiger charge is 2.39. The third-order valence-electron chi connectivity index (χ3n) is 6.98. The molecule has 206 valence electrons. The lowest BCUT2D eigenvalue weighted by molar-refractivity contribution is -0.388. The van der Waals surface area contributed by atoms with Crippen LogP contribution in [0.25, 0.3) is 0 Å². The number of ether oxygens (including phenoxy) is 2. The molecule has 2 aliphatic rings. The number of anilines is 1. The molecule has 1 aromatic heterocycles. The number of rotatable bonds is 7. The van der Waals surface area contributed by atoms with Gasteiger partial charge in [0.25, 0.3) is 5.69 Å². The Labute approximate surface area is 228 Å². The van der Waals surface area contributed by atoms with Gasteiger partial charge in [0.1, 0.15) is 22.1 Å². The second kappa shape index (κ2) is 11.6. The number of thiocarbonyl (C=S) groups is 1. The van der Waals surface area contributed by atoms with Crippen molar-refractivity contribution >= 4 is 40.3 Å². The highest BCUT2D eigenvalue weighted by molar-refractivity contribution is 7.80. The van der Waals surface area contributed by atoms with Crippen molar-refractivity contribution in [2.45, 2.75) is 50.5 Å². The molecular weight excluding hydrogens is 545 g/mol. The molecule has 0 bridgehead atoms. The Morgan fingerprint density at radius 3 is 2.47 bits per heavy atom. The van der Waals surface area contributed by atoms with Crippen LogP contribution in [0.1, 0.15) is 38.2 Å². The number of benzene rings is 1. The molecule has 38 heavy (non-hydrogen) atoms. The topological polar surface area (TPSA) is 81.0 Å². The smallest absolute Gasteiger partial charge is 0.423 e. The molecule has 13 heteroatoms. The third kappa shape index (κ3) is 7.03. The minimum Gasteiger partial charge on any atom is -0.490 e. The van der Waals surface area contributed by atoms with E-state index in [0.717, 1.165) is 43.1 Å². The number of nitro groups is 1. The summed E-state index contributed by atoms with van der Waals surface area (Å²) in [5.74, 6) is 0.845. The molecule has 2 heterocycles. The van der Waals surface area contributed by atoms with Crippen molar-refractivity contribution in [2.75, 3.05) is 37.7 Å². The zero-order valence-corrected chi connectivity index (χ0v) is 22.3. The molecule has 0 N–H and O–H groups in total. The van der Waals surface area contributed by atoms with Crippen molar-refractivity contribution < 1.29 is 27.6 Å². The Bertz CT molecular complexity index is 1150. The Morgan fingerprint density at radius 1 is 1.21 bits per heavy atom. The van der Waals surface area contributed by atoms with Crippen LogP contribution in [0, 0.1) is 10.1 Å². The molecule has 0 atom stereocenters. The van der Waals surface area contributed by atoms with Crippen LogP contribution in [0.15, 0.2) is 36.5 Å². The largest absolute Gasteiger partial charge is 0.490 e. The van der Waals surface area contributed by atoms with Crippen LogP contribution in [-0.4, -0.2) is 64.3 Å². The van der Waals surface area contributed by atoms with Crippen LogP contribution in [-0.2, 0) is 10.9 Å². The summed E-state index contributed by atoms with van der Waals surface area (Å²) >= 11 is 11.6. The van der Waals surface area contributed by atoms with Gasteiger partial charge in [-0.1, -0.05) is 23.8 Å². The first-order valence-corrected chi connectivity index (χ1v) is 13.0. The average molecular weight is 573 g/mol. The van der Waals surface area contributed by atoms with E-state index in [2.05, 4.69) is 14.8 Å². The molecule has 8 nitrogen and oxygen atoms in total. The molecule has 0 spiro atoms. The second-order valence-electron chi connectivity index (χ2n) is 9.69. The molecule has 1 aromatic carbocycles. The van der Waals surface area contributed by atoms with Gasteiger partial charge in [-0.25, -0.2) is 4.98 Å². The van der Waals surface area contributed by atoms with E-state index in [1.54, 1.807) is 6.20 Å². The lowest BCUT2D eigenvalue weighted by Gasteiger charge is -2.40. The summed E-state index contributed by atoms with van der Waals surface area (Å²) < 4.78 is 51.8. The summed E-state index contributed by atoms with van der Waals surface area (Å²) in [6.45, 7) is 5.40. The number of hydrogen-bond acceptors (Lipinski definition) is 7. The maximum absolute atomic E-state index is 13.3. The second-order valence-corrected chi connectivity index (χ2v) is 10.6. The van der Waals surface area contributed by atoms with Crippen molar-refractivity contribution in [3.05, 3.63) is 57.2 Å². The standard InChI is InChI=1S/C25H28ClF3N4O4S/c1-24(36-16-23(38)32-12-10-31(11-13-32)22-5-2-17(26)15-30-22)8-6-18(7-9-24)37-19-3-4-21(33(34)35)20(14-19)25(27,28)29/h2-5,14-15,18H,6-13,16H2,1H3. The minimum atomic E-state index is -4.85. The molecule has 1 aliphatic carbocycles. The van der Waals surface area contributed by atoms with E-state index in [0.29, 0.717) is 43.4 Å². The van der Waals surface area contributed by atoms with Crippen LogP contribution in [0.5, 0.6) is 5.75 Å². The Hall–Kier alpha value is -2.70. The van der Waals surface area contributed by atoms with E-state index < -0.39 is 28.0 Å². The number of piperazine rings is 1. The highest BCUT2D eigenvalue weighted by Crippen LogP contribution is 2.39. The van der Waals surface area contributed by atoms with E-state index in [9.17, 15) is 23.3 Å². The first kappa shape index (κ1) is 28.3. The molecule has 0 radical (unpaired) electrons. The summed E-state index contributed by atoms with van der Waals surface area (Å²) in [6, 6.07) is 6.46. The van der Waals surface area contributed by atoms with Gasteiger partial charge in [-0.2, -0.15) is 13.2 Å². The summed E-state index contributed by atoms with van der Waals surface area (Å²) in [5.41, 5.74) is -2.73. The molecule has 1 saturated carbocycles. The maximum Gasteiger partial charge on any atom is 0.423 e. The minimum absolute atomic E-state index is 0.0356. The zero-order chi connectivity index (χ0) is 27.5. The van der Waals surface area contributed by atoms with Crippen LogP contribution in [0.3, 0.4) is 0 Å². The fourth-order valence-electron chi connectivity index (χ4n) is 4.70. The monoisotopic (exact) mass is 572 g/mol. The molecule has 2 aromatic rings. The van der Waals surface area contributed by atoms with Gasteiger partial charge >= 0.3 is 6.18 Å². The number of nitrogens with zero attached hydrogens (tertiary/aromatic N) is 4. The van der Waals surface area contributed by atoms with E-state index in [4.69, 9.17) is 33.3 Å². The quantitative estimate of drug-likeness (QED) is 0.230. The van der Waals surface area contributed by atoms with Gasteiger partial charge in [0, 0.05) is 38.4 Å². The summed E-state index contributed by atoms with van der Waals surface area (Å²) in [7, 11) is 0. The first-order valence-electron chi connectivity index (χ1n) is 12.2. The van der Waals surface area contributed by atoms with Crippen molar-refractivity contribution in [3.8, 4) is 5.75 Å². The van der Waals surface area contributed by atoms with Crippen LogP contribution in [0.2, 0.25) is 5.02 Å². The first-order chi connectivity index (χ1) is 17.9. The van der Waals surface area contributed by atoms with Crippen molar-refractivity contribution in [2.24, 2.45) is 0 Å². The van der Waals surface area contributed by atoms with Crippen LogP contribution in [0.4, 0.5) is 24.7 Å². The number of alkyl halides is 3. The SMILES string of the molecule is CC1(OCC(=S)N2CCN(c3ccc(Cl)cn3)CC2)CCC(Oc2ccc([N+](=O)[O-])c(C(F)(F)F)c2)CC1. The van der Waals surface area contributed by atoms with Crippen molar-refractivity contribution in [1.29, 1.82) is 0 Å². The van der Waals surface area contributed by atoms with Gasteiger partial charge in [-0.05, 0) is 56.9 Å². The number of halogens is 4. The van der Waals surface area contributed by atoms with E-state index in [1.807, 2.05) is 19.1 Å². The number of pyridine rings is 1. The maximum atomic E-state index is 13.3. The van der Waals surface area contributed by atoms with Gasteiger partial charge < -0.3 is 19.3 Å². The van der Waals surface area contributed by atoms with Gasteiger partial charge in [0.05, 0.1) is 28.3 Å². The van der Waals surface area contributed by atoms with E-state index in [-0.39, 0.29) is 11.9 Å².